The van der Waals surface area contributed by atoms with E-state index in [0.29, 0.717) is 21.5 Å². The van der Waals surface area contributed by atoms with E-state index in [0.717, 1.165) is 19.5 Å². The molecule has 2 nitrogen and oxygen atoms in total. The number of piperidine rings is 1. The van der Waals surface area contributed by atoms with Crippen LogP contribution in [0.25, 0.3) is 0 Å². The molecule has 0 radical (unpaired) electrons. The fraction of sp³-hybridized carbons (Fsp3) is 0.462. The number of hydrogen-bond acceptors (Lipinski definition) is 2. The third-order valence-electron chi connectivity index (χ3n) is 3.33. The van der Waals surface area contributed by atoms with Crippen molar-refractivity contribution in [2.75, 3.05) is 13.1 Å². The van der Waals surface area contributed by atoms with Gasteiger partial charge in [0.05, 0.1) is 10.0 Å². The zero-order valence-corrected chi connectivity index (χ0v) is 11.2. The Morgan fingerprint density at radius 3 is 2.76 bits per heavy atom. The summed E-state index contributed by atoms with van der Waals surface area (Å²) >= 11 is 11.8. The minimum Gasteiger partial charge on any atom is -0.316 e. The molecule has 1 aliphatic rings. The van der Waals surface area contributed by atoms with E-state index in [-0.39, 0.29) is 11.7 Å². The van der Waals surface area contributed by atoms with E-state index in [1.165, 1.54) is 0 Å². The van der Waals surface area contributed by atoms with Crippen LogP contribution >= 0.6 is 23.2 Å². The van der Waals surface area contributed by atoms with E-state index < -0.39 is 0 Å². The Kier molecular flexibility index (Phi) is 4.08. The van der Waals surface area contributed by atoms with Gasteiger partial charge >= 0.3 is 0 Å². The fourth-order valence-corrected chi connectivity index (χ4v) is 2.57. The number of Topliss-reactive ketones (excluding diaryl/α,β-unsaturated/α-hetero) is 1. The maximum Gasteiger partial charge on any atom is 0.166 e. The number of halogens is 2. The third-order valence-corrected chi connectivity index (χ3v) is 4.07. The first-order chi connectivity index (χ1) is 8.09. The van der Waals surface area contributed by atoms with Crippen LogP contribution in [0.1, 0.15) is 23.7 Å². The average Bonchev–Trinajstić information content (AvgIpc) is 2.32. The molecule has 17 heavy (non-hydrogen) atoms. The highest BCUT2D eigenvalue weighted by molar-refractivity contribution is 6.42. The van der Waals surface area contributed by atoms with Crippen molar-refractivity contribution < 1.29 is 4.79 Å². The van der Waals surface area contributed by atoms with Gasteiger partial charge in [0.15, 0.2) is 5.78 Å². The van der Waals surface area contributed by atoms with E-state index in [2.05, 4.69) is 12.2 Å². The molecular formula is C13H15Cl2NO. The molecule has 1 aliphatic heterocycles. The quantitative estimate of drug-likeness (QED) is 0.836. The van der Waals surface area contributed by atoms with Crippen molar-refractivity contribution in [3.05, 3.63) is 33.8 Å². The molecule has 0 amide bonds. The van der Waals surface area contributed by atoms with Crippen molar-refractivity contribution in [3.63, 3.8) is 0 Å². The average molecular weight is 272 g/mol. The lowest BCUT2D eigenvalue weighted by molar-refractivity contribution is 0.0848. The normalized spacial score (nSPS) is 24.6. The zero-order valence-electron chi connectivity index (χ0n) is 9.67. The molecule has 0 spiro atoms. The summed E-state index contributed by atoms with van der Waals surface area (Å²) in [5.74, 6) is 0.636. The highest BCUT2D eigenvalue weighted by Crippen LogP contribution is 2.27. The number of benzene rings is 1. The van der Waals surface area contributed by atoms with Crippen molar-refractivity contribution >= 4 is 29.0 Å². The van der Waals surface area contributed by atoms with Crippen LogP contribution in [0.4, 0.5) is 0 Å². The lowest BCUT2D eigenvalue weighted by Crippen LogP contribution is -2.38. The molecule has 0 saturated carbocycles. The number of carbonyl (C=O) groups excluding carboxylic acids is 1. The number of carbonyl (C=O) groups is 1. The van der Waals surface area contributed by atoms with Crippen LogP contribution < -0.4 is 5.32 Å². The second kappa shape index (κ2) is 5.38. The standard InChI is InChI=1S/C13H15Cl2NO/c1-8-7-16-5-4-10(8)13(17)9-2-3-11(14)12(15)6-9/h2-3,6,8,10,16H,4-5,7H2,1H3/t8-,10+/m0/s1. The lowest BCUT2D eigenvalue weighted by atomic mass is 9.82. The zero-order chi connectivity index (χ0) is 12.4. The van der Waals surface area contributed by atoms with Crippen molar-refractivity contribution in [2.45, 2.75) is 13.3 Å². The molecule has 1 aromatic carbocycles. The van der Waals surface area contributed by atoms with Gasteiger partial charge in [-0.15, -0.1) is 0 Å². The summed E-state index contributed by atoms with van der Waals surface area (Å²) in [6.07, 6.45) is 0.889. The summed E-state index contributed by atoms with van der Waals surface area (Å²) in [7, 11) is 0. The number of nitrogens with one attached hydrogen (secondary N) is 1. The lowest BCUT2D eigenvalue weighted by Gasteiger charge is -2.28. The van der Waals surface area contributed by atoms with Crippen LogP contribution in [0.2, 0.25) is 10.0 Å². The molecule has 4 heteroatoms. The molecular weight excluding hydrogens is 257 g/mol. The summed E-state index contributed by atoms with van der Waals surface area (Å²) in [5.41, 5.74) is 0.665. The topological polar surface area (TPSA) is 29.1 Å². The molecule has 0 aromatic heterocycles. The molecule has 2 rings (SSSR count). The SMILES string of the molecule is C[C@H]1CNCC[C@H]1C(=O)c1ccc(Cl)c(Cl)c1. The molecule has 1 saturated heterocycles. The van der Waals surface area contributed by atoms with Gasteiger partial charge in [0.25, 0.3) is 0 Å². The van der Waals surface area contributed by atoms with Crippen molar-refractivity contribution in [1.82, 2.24) is 5.32 Å². The van der Waals surface area contributed by atoms with Crippen LogP contribution in [0.5, 0.6) is 0 Å². The Labute approximate surface area is 111 Å². The van der Waals surface area contributed by atoms with Gasteiger partial charge in [0.1, 0.15) is 0 Å². The van der Waals surface area contributed by atoms with Gasteiger partial charge in [-0.05, 0) is 43.6 Å². The first kappa shape index (κ1) is 12.9. The van der Waals surface area contributed by atoms with E-state index in [1.54, 1.807) is 18.2 Å². The van der Waals surface area contributed by atoms with E-state index in [9.17, 15) is 4.79 Å². The van der Waals surface area contributed by atoms with Gasteiger partial charge in [-0.25, -0.2) is 0 Å². The first-order valence-electron chi connectivity index (χ1n) is 5.79. The predicted octanol–water partition coefficient (Wildman–Crippen LogP) is 3.42. The van der Waals surface area contributed by atoms with Gasteiger partial charge in [-0.3, -0.25) is 4.79 Å². The van der Waals surface area contributed by atoms with Crippen LogP contribution in [-0.2, 0) is 0 Å². The molecule has 0 unspecified atom stereocenters. The summed E-state index contributed by atoms with van der Waals surface area (Å²) in [6.45, 7) is 3.91. The predicted molar refractivity (Wildman–Crippen MR) is 70.9 cm³/mol. The number of hydrogen-bond donors (Lipinski definition) is 1. The smallest absolute Gasteiger partial charge is 0.166 e. The molecule has 92 valence electrons. The minimum absolute atomic E-state index is 0.0912. The first-order valence-corrected chi connectivity index (χ1v) is 6.55. The van der Waals surface area contributed by atoms with Crippen molar-refractivity contribution in [1.29, 1.82) is 0 Å². The van der Waals surface area contributed by atoms with Crippen LogP contribution in [0, 0.1) is 11.8 Å². The van der Waals surface area contributed by atoms with Crippen molar-refractivity contribution in [3.8, 4) is 0 Å². The second-order valence-corrected chi connectivity index (χ2v) is 5.38. The molecule has 1 fully saturated rings. The van der Waals surface area contributed by atoms with Gasteiger partial charge in [0.2, 0.25) is 0 Å². The number of ketones is 1. The van der Waals surface area contributed by atoms with Gasteiger partial charge < -0.3 is 5.32 Å². The highest BCUT2D eigenvalue weighted by atomic mass is 35.5. The fourth-order valence-electron chi connectivity index (χ4n) is 2.27. The summed E-state index contributed by atoms with van der Waals surface area (Å²) in [6, 6.07) is 5.11. The van der Waals surface area contributed by atoms with Crippen molar-refractivity contribution in [2.24, 2.45) is 11.8 Å². The highest BCUT2D eigenvalue weighted by Gasteiger charge is 2.28. The van der Waals surface area contributed by atoms with E-state index in [1.807, 2.05) is 0 Å². The number of rotatable bonds is 2. The third kappa shape index (κ3) is 2.82. The summed E-state index contributed by atoms with van der Waals surface area (Å²) in [5, 5.41) is 4.22. The van der Waals surface area contributed by atoms with Crippen LogP contribution in [-0.4, -0.2) is 18.9 Å². The van der Waals surface area contributed by atoms with E-state index in [4.69, 9.17) is 23.2 Å². The van der Waals surface area contributed by atoms with Gasteiger partial charge in [-0.1, -0.05) is 30.1 Å². The van der Waals surface area contributed by atoms with Crippen LogP contribution in [0.3, 0.4) is 0 Å². The van der Waals surface area contributed by atoms with Crippen LogP contribution in [0.15, 0.2) is 18.2 Å². The Hall–Kier alpha value is -0.570. The summed E-state index contributed by atoms with van der Waals surface area (Å²) < 4.78 is 0. The molecule has 1 aromatic rings. The minimum atomic E-state index is 0.0912. The largest absolute Gasteiger partial charge is 0.316 e. The summed E-state index contributed by atoms with van der Waals surface area (Å²) in [4.78, 5) is 12.3. The van der Waals surface area contributed by atoms with Gasteiger partial charge in [0, 0.05) is 11.5 Å². The Morgan fingerprint density at radius 1 is 1.35 bits per heavy atom. The Bertz CT molecular complexity index is 433. The second-order valence-electron chi connectivity index (χ2n) is 4.57. The molecule has 2 atom stereocenters. The van der Waals surface area contributed by atoms with E-state index >= 15 is 0 Å². The maximum atomic E-state index is 12.3. The van der Waals surface area contributed by atoms with Gasteiger partial charge in [-0.2, -0.15) is 0 Å². The Balaban J connectivity index is 2.21. The molecule has 0 aliphatic carbocycles. The maximum absolute atomic E-state index is 12.3. The molecule has 0 bridgehead atoms. The Morgan fingerprint density at radius 2 is 2.12 bits per heavy atom. The monoisotopic (exact) mass is 271 g/mol. The molecule has 1 heterocycles. The molecule has 1 N–H and O–H groups in total.